The number of para-hydroxylation sites is 1. The van der Waals surface area contributed by atoms with Gasteiger partial charge in [0.1, 0.15) is 5.75 Å². The van der Waals surface area contributed by atoms with E-state index in [1.54, 1.807) is 6.92 Å². The van der Waals surface area contributed by atoms with Gasteiger partial charge >= 0.3 is 0 Å². The molecule has 4 nitrogen and oxygen atoms in total. The maximum absolute atomic E-state index is 12.0. The van der Waals surface area contributed by atoms with Gasteiger partial charge in [-0.05, 0) is 31.9 Å². The van der Waals surface area contributed by atoms with Crippen molar-refractivity contribution in [1.82, 2.24) is 5.32 Å². The second-order valence-corrected chi connectivity index (χ2v) is 4.91. The van der Waals surface area contributed by atoms with E-state index in [0.29, 0.717) is 12.8 Å². The monoisotopic (exact) mass is 249 g/mol. The smallest absolute Gasteiger partial charge is 0.261 e. The van der Waals surface area contributed by atoms with Crippen molar-refractivity contribution in [1.29, 1.82) is 0 Å². The highest BCUT2D eigenvalue weighted by molar-refractivity contribution is 5.82. The number of rotatable bonds is 4. The molecule has 1 amide bonds. The van der Waals surface area contributed by atoms with Crippen LogP contribution in [-0.4, -0.2) is 29.3 Å². The first-order valence-electron chi connectivity index (χ1n) is 6.29. The Morgan fingerprint density at radius 3 is 2.89 bits per heavy atom. The molecule has 1 aliphatic heterocycles. The molecular weight excluding hydrogens is 230 g/mol. The first-order chi connectivity index (χ1) is 8.56. The number of benzene rings is 1. The molecule has 0 spiro atoms. The van der Waals surface area contributed by atoms with Crippen LogP contribution < -0.4 is 10.1 Å². The Morgan fingerprint density at radius 1 is 1.50 bits per heavy atom. The molecule has 1 aliphatic rings. The quantitative estimate of drug-likeness (QED) is 0.844. The summed E-state index contributed by atoms with van der Waals surface area (Å²) >= 11 is 0. The van der Waals surface area contributed by atoms with Crippen LogP contribution in [-0.2, 0) is 11.2 Å². The minimum Gasteiger partial charge on any atom is -0.480 e. The standard InChI is InChI=1S/C14H19NO3/c1-9(7-10(2)16)15-14(17)13-8-11-5-3-4-6-12(11)18-13/h3-6,9-10,13,16H,7-8H2,1-2H3,(H,15,17). The lowest BCUT2D eigenvalue weighted by atomic mass is 10.1. The van der Waals surface area contributed by atoms with Gasteiger partial charge in [-0.3, -0.25) is 4.79 Å². The topological polar surface area (TPSA) is 58.6 Å². The Bertz CT molecular complexity index is 406. The molecule has 0 aromatic heterocycles. The van der Waals surface area contributed by atoms with Crippen molar-refractivity contribution in [2.24, 2.45) is 0 Å². The van der Waals surface area contributed by atoms with Gasteiger partial charge in [0.2, 0.25) is 0 Å². The molecule has 18 heavy (non-hydrogen) atoms. The highest BCUT2D eigenvalue weighted by atomic mass is 16.5. The second kappa shape index (κ2) is 5.40. The van der Waals surface area contributed by atoms with Crippen LogP contribution in [0.15, 0.2) is 24.3 Å². The summed E-state index contributed by atoms with van der Waals surface area (Å²) in [5, 5.41) is 12.1. The third-order valence-corrected chi connectivity index (χ3v) is 3.02. The molecule has 0 fully saturated rings. The first-order valence-corrected chi connectivity index (χ1v) is 6.29. The predicted octanol–water partition coefficient (Wildman–Crippen LogP) is 1.27. The molecule has 4 heteroatoms. The summed E-state index contributed by atoms with van der Waals surface area (Å²) < 4.78 is 5.60. The first kappa shape index (κ1) is 12.9. The van der Waals surface area contributed by atoms with Crippen LogP contribution in [0.2, 0.25) is 0 Å². The number of nitrogens with one attached hydrogen (secondary N) is 1. The van der Waals surface area contributed by atoms with Crippen LogP contribution in [0, 0.1) is 0 Å². The average molecular weight is 249 g/mol. The molecule has 2 N–H and O–H groups in total. The van der Waals surface area contributed by atoms with E-state index in [4.69, 9.17) is 4.74 Å². The SMILES string of the molecule is CC(O)CC(C)NC(=O)C1Cc2ccccc2O1. The van der Waals surface area contributed by atoms with Crippen LogP contribution in [0.3, 0.4) is 0 Å². The van der Waals surface area contributed by atoms with Crippen LogP contribution in [0.25, 0.3) is 0 Å². The fourth-order valence-corrected chi connectivity index (χ4v) is 2.23. The maximum Gasteiger partial charge on any atom is 0.261 e. The van der Waals surface area contributed by atoms with E-state index in [1.165, 1.54) is 0 Å². The zero-order valence-electron chi connectivity index (χ0n) is 10.7. The van der Waals surface area contributed by atoms with Crippen molar-refractivity contribution in [3.8, 4) is 5.75 Å². The fourth-order valence-electron chi connectivity index (χ4n) is 2.23. The number of amides is 1. The lowest BCUT2D eigenvalue weighted by molar-refractivity contribution is -0.128. The number of aliphatic hydroxyl groups is 1. The number of fused-ring (bicyclic) bond motifs is 1. The molecule has 0 bridgehead atoms. The lowest BCUT2D eigenvalue weighted by Gasteiger charge is -2.18. The minimum atomic E-state index is -0.446. The Morgan fingerprint density at radius 2 is 2.22 bits per heavy atom. The highest BCUT2D eigenvalue weighted by Crippen LogP contribution is 2.28. The number of carbonyl (C=O) groups is 1. The molecular formula is C14H19NO3. The van der Waals surface area contributed by atoms with Crippen molar-refractivity contribution >= 4 is 5.91 Å². The normalized spacial score (nSPS) is 20.7. The average Bonchev–Trinajstić information content (AvgIpc) is 2.71. The van der Waals surface area contributed by atoms with E-state index < -0.39 is 12.2 Å². The summed E-state index contributed by atoms with van der Waals surface area (Å²) in [4.78, 5) is 12.0. The molecule has 1 aromatic carbocycles. The number of aliphatic hydroxyl groups excluding tert-OH is 1. The van der Waals surface area contributed by atoms with Gasteiger partial charge in [0.05, 0.1) is 6.10 Å². The Labute approximate surface area is 107 Å². The number of carbonyl (C=O) groups excluding carboxylic acids is 1. The zero-order chi connectivity index (χ0) is 13.1. The van der Waals surface area contributed by atoms with E-state index in [9.17, 15) is 9.90 Å². The Kier molecular flexibility index (Phi) is 3.87. The van der Waals surface area contributed by atoms with Gasteiger partial charge in [0.15, 0.2) is 6.10 Å². The molecule has 3 atom stereocenters. The van der Waals surface area contributed by atoms with E-state index in [1.807, 2.05) is 31.2 Å². The molecule has 1 heterocycles. The van der Waals surface area contributed by atoms with Crippen LogP contribution in [0.5, 0.6) is 5.75 Å². The van der Waals surface area contributed by atoms with Gasteiger partial charge in [0.25, 0.3) is 5.91 Å². The predicted molar refractivity (Wildman–Crippen MR) is 68.5 cm³/mol. The molecule has 2 rings (SSSR count). The molecule has 98 valence electrons. The summed E-state index contributed by atoms with van der Waals surface area (Å²) in [6, 6.07) is 7.64. The molecule has 0 aliphatic carbocycles. The number of ether oxygens (including phenoxy) is 1. The summed E-state index contributed by atoms with van der Waals surface area (Å²) in [6.45, 7) is 3.59. The second-order valence-electron chi connectivity index (χ2n) is 4.91. The summed E-state index contributed by atoms with van der Waals surface area (Å²) in [7, 11) is 0. The Balaban J connectivity index is 1.89. The molecule has 1 aromatic rings. The van der Waals surface area contributed by atoms with Gasteiger partial charge in [0, 0.05) is 12.5 Å². The maximum atomic E-state index is 12.0. The van der Waals surface area contributed by atoms with Gasteiger partial charge in [-0.15, -0.1) is 0 Å². The van der Waals surface area contributed by atoms with Crippen LogP contribution in [0.4, 0.5) is 0 Å². The van der Waals surface area contributed by atoms with Gasteiger partial charge in [-0.2, -0.15) is 0 Å². The van der Waals surface area contributed by atoms with E-state index in [2.05, 4.69) is 5.32 Å². The molecule has 3 unspecified atom stereocenters. The summed E-state index contributed by atoms with van der Waals surface area (Å²) in [5.41, 5.74) is 1.07. The van der Waals surface area contributed by atoms with Gasteiger partial charge in [-0.25, -0.2) is 0 Å². The van der Waals surface area contributed by atoms with Crippen molar-refractivity contribution < 1.29 is 14.6 Å². The van der Waals surface area contributed by atoms with E-state index in [0.717, 1.165) is 11.3 Å². The van der Waals surface area contributed by atoms with Crippen molar-refractivity contribution in [2.75, 3.05) is 0 Å². The van der Waals surface area contributed by atoms with Gasteiger partial charge < -0.3 is 15.2 Å². The van der Waals surface area contributed by atoms with Crippen molar-refractivity contribution in [2.45, 2.75) is 44.9 Å². The third kappa shape index (κ3) is 3.01. The number of hydrogen-bond donors (Lipinski definition) is 2. The summed E-state index contributed by atoms with van der Waals surface area (Å²) in [6.07, 6.45) is 0.301. The van der Waals surface area contributed by atoms with E-state index >= 15 is 0 Å². The lowest BCUT2D eigenvalue weighted by Crippen LogP contribution is -2.43. The summed E-state index contributed by atoms with van der Waals surface area (Å²) in [5.74, 6) is 0.681. The highest BCUT2D eigenvalue weighted by Gasteiger charge is 2.29. The molecule has 0 radical (unpaired) electrons. The van der Waals surface area contributed by atoms with Crippen molar-refractivity contribution in [3.63, 3.8) is 0 Å². The Hall–Kier alpha value is -1.55. The van der Waals surface area contributed by atoms with E-state index in [-0.39, 0.29) is 11.9 Å². The molecule has 0 saturated heterocycles. The zero-order valence-corrected chi connectivity index (χ0v) is 10.7. The number of hydrogen-bond acceptors (Lipinski definition) is 3. The van der Waals surface area contributed by atoms with Crippen LogP contribution >= 0.6 is 0 Å². The minimum absolute atomic E-state index is 0.0511. The largest absolute Gasteiger partial charge is 0.480 e. The van der Waals surface area contributed by atoms with Crippen LogP contribution in [0.1, 0.15) is 25.8 Å². The van der Waals surface area contributed by atoms with Crippen molar-refractivity contribution in [3.05, 3.63) is 29.8 Å². The fraction of sp³-hybridized carbons (Fsp3) is 0.500. The third-order valence-electron chi connectivity index (χ3n) is 3.02. The molecule has 0 saturated carbocycles. The van der Waals surface area contributed by atoms with Gasteiger partial charge in [-0.1, -0.05) is 18.2 Å².